The van der Waals surface area contributed by atoms with Gasteiger partial charge >= 0.3 is 5.97 Å². The van der Waals surface area contributed by atoms with Crippen molar-refractivity contribution >= 4 is 23.6 Å². The molecule has 168 valence electrons. The van der Waals surface area contributed by atoms with Gasteiger partial charge in [0.1, 0.15) is 11.6 Å². The van der Waals surface area contributed by atoms with E-state index in [1.54, 1.807) is 36.4 Å². The van der Waals surface area contributed by atoms with Gasteiger partial charge in [0, 0.05) is 0 Å². The van der Waals surface area contributed by atoms with E-state index in [2.05, 4.69) is 12.2 Å². The van der Waals surface area contributed by atoms with Crippen molar-refractivity contribution in [3.05, 3.63) is 59.2 Å². The number of anilines is 1. The molecule has 0 bridgehead atoms. The van der Waals surface area contributed by atoms with Crippen molar-refractivity contribution in [3.8, 4) is 17.6 Å². The van der Waals surface area contributed by atoms with Gasteiger partial charge in [-0.2, -0.15) is 5.26 Å². The molecule has 32 heavy (non-hydrogen) atoms. The van der Waals surface area contributed by atoms with Crippen LogP contribution < -0.4 is 14.8 Å². The molecular weight excluding hydrogens is 408 g/mol. The fourth-order valence-corrected chi connectivity index (χ4v) is 2.99. The number of hydrogen-bond donors (Lipinski definition) is 1. The minimum absolute atomic E-state index is 0.125. The van der Waals surface area contributed by atoms with Gasteiger partial charge in [-0.3, -0.25) is 4.79 Å². The zero-order chi connectivity index (χ0) is 23.3. The lowest BCUT2D eigenvalue weighted by molar-refractivity contribution is -0.112. The van der Waals surface area contributed by atoms with Crippen LogP contribution in [-0.4, -0.2) is 32.7 Å². The molecule has 2 aromatic carbocycles. The summed E-state index contributed by atoms with van der Waals surface area (Å²) in [6.45, 7) is 2.75. The summed E-state index contributed by atoms with van der Waals surface area (Å²) in [5, 5.41) is 12.1. The molecule has 1 amide bonds. The number of ether oxygens (including phenoxy) is 3. The third kappa shape index (κ3) is 6.88. The average Bonchev–Trinajstić information content (AvgIpc) is 2.82. The van der Waals surface area contributed by atoms with Crippen LogP contribution in [0.1, 0.15) is 48.5 Å². The van der Waals surface area contributed by atoms with Gasteiger partial charge in [-0.05, 0) is 42.3 Å². The van der Waals surface area contributed by atoms with Gasteiger partial charge in [-0.1, -0.05) is 44.4 Å². The summed E-state index contributed by atoms with van der Waals surface area (Å²) in [6.07, 6.45) is 5.86. The molecule has 2 aromatic rings. The summed E-state index contributed by atoms with van der Waals surface area (Å²) < 4.78 is 15.9. The molecule has 0 spiro atoms. The fourth-order valence-electron chi connectivity index (χ4n) is 2.99. The third-order valence-corrected chi connectivity index (χ3v) is 4.70. The van der Waals surface area contributed by atoms with Crippen LogP contribution in [-0.2, 0) is 9.53 Å². The summed E-state index contributed by atoms with van der Waals surface area (Å²) >= 11 is 0. The minimum atomic E-state index is -0.640. The molecule has 0 saturated carbocycles. The minimum Gasteiger partial charge on any atom is -0.493 e. The highest BCUT2D eigenvalue weighted by Gasteiger charge is 2.16. The summed E-state index contributed by atoms with van der Waals surface area (Å²) in [6, 6.07) is 13.5. The van der Waals surface area contributed by atoms with Gasteiger partial charge in [0.25, 0.3) is 5.91 Å². The topological polar surface area (TPSA) is 97.7 Å². The Morgan fingerprint density at radius 3 is 2.53 bits per heavy atom. The standard InChI is InChI=1S/C25H28N2O5/c1-4-5-6-9-14-32-22-13-12-18(16-23(22)30-2)15-19(17-26)24(28)27-21-11-8-7-10-20(21)25(29)31-3/h7-8,10-13,15-16H,4-6,9,14H2,1-3H3,(H,27,28)/b19-15+. The van der Waals surface area contributed by atoms with Crippen LogP contribution in [0.4, 0.5) is 5.69 Å². The van der Waals surface area contributed by atoms with E-state index in [4.69, 9.17) is 14.2 Å². The highest BCUT2D eigenvalue weighted by molar-refractivity contribution is 6.12. The quantitative estimate of drug-likeness (QED) is 0.231. The first-order valence-corrected chi connectivity index (χ1v) is 10.4. The van der Waals surface area contributed by atoms with E-state index in [1.165, 1.54) is 32.8 Å². The summed E-state index contributed by atoms with van der Waals surface area (Å²) in [5.74, 6) is -0.100. The molecule has 7 heteroatoms. The number of nitrogens with zero attached hydrogens (tertiary/aromatic N) is 1. The van der Waals surface area contributed by atoms with E-state index < -0.39 is 11.9 Å². The van der Waals surface area contributed by atoms with Crippen molar-refractivity contribution in [2.24, 2.45) is 0 Å². The lowest BCUT2D eigenvalue weighted by atomic mass is 10.1. The van der Waals surface area contributed by atoms with Crippen LogP contribution in [0.2, 0.25) is 0 Å². The Morgan fingerprint density at radius 2 is 1.84 bits per heavy atom. The van der Waals surface area contributed by atoms with Crippen LogP contribution in [0.5, 0.6) is 11.5 Å². The maximum Gasteiger partial charge on any atom is 0.339 e. The molecule has 0 aliphatic rings. The molecule has 0 unspecified atom stereocenters. The van der Waals surface area contributed by atoms with E-state index >= 15 is 0 Å². The normalized spacial score (nSPS) is 10.8. The number of esters is 1. The van der Waals surface area contributed by atoms with Crippen LogP contribution in [0.3, 0.4) is 0 Å². The van der Waals surface area contributed by atoms with Crippen molar-refractivity contribution in [2.75, 3.05) is 26.1 Å². The molecular formula is C25H28N2O5. The molecule has 0 atom stereocenters. The number of methoxy groups -OCH3 is 2. The molecule has 0 heterocycles. The number of para-hydroxylation sites is 1. The van der Waals surface area contributed by atoms with Gasteiger partial charge in [0.15, 0.2) is 11.5 Å². The van der Waals surface area contributed by atoms with Crippen molar-refractivity contribution in [3.63, 3.8) is 0 Å². The highest BCUT2D eigenvalue weighted by atomic mass is 16.5. The van der Waals surface area contributed by atoms with Gasteiger partial charge in [-0.15, -0.1) is 0 Å². The summed E-state index contributed by atoms with van der Waals surface area (Å²) in [5.41, 5.74) is 0.936. The Kier molecular flexibility index (Phi) is 9.79. The lowest BCUT2D eigenvalue weighted by Crippen LogP contribution is -2.16. The number of rotatable bonds is 11. The first-order valence-electron chi connectivity index (χ1n) is 10.4. The van der Waals surface area contributed by atoms with Crippen molar-refractivity contribution in [2.45, 2.75) is 32.6 Å². The second-order valence-electron chi connectivity index (χ2n) is 6.98. The fraction of sp³-hybridized carbons (Fsp3) is 0.320. The maximum atomic E-state index is 12.7. The number of unbranched alkanes of at least 4 members (excludes halogenated alkanes) is 3. The second-order valence-corrected chi connectivity index (χ2v) is 6.98. The number of nitriles is 1. The molecule has 0 fully saturated rings. The van der Waals surface area contributed by atoms with Crippen LogP contribution in [0.15, 0.2) is 48.0 Å². The van der Waals surface area contributed by atoms with E-state index in [1.807, 2.05) is 6.07 Å². The molecule has 1 N–H and O–H groups in total. The van der Waals surface area contributed by atoms with E-state index in [9.17, 15) is 14.9 Å². The Balaban J connectivity index is 2.16. The number of carbonyl (C=O) groups excluding carboxylic acids is 2. The Bertz CT molecular complexity index is 1010. The molecule has 2 rings (SSSR count). The van der Waals surface area contributed by atoms with Gasteiger partial charge < -0.3 is 19.5 Å². The number of nitrogens with one attached hydrogen (secondary N) is 1. The number of carbonyl (C=O) groups is 2. The van der Waals surface area contributed by atoms with Gasteiger partial charge in [0.05, 0.1) is 32.1 Å². The van der Waals surface area contributed by atoms with Crippen molar-refractivity contribution < 1.29 is 23.8 Å². The highest BCUT2D eigenvalue weighted by Crippen LogP contribution is 2.29. The van der Waals surface area contributed by atoms with Gasteiger partial charge in [0.2, 0.25) is 0 Å². The van der Waals surface area contributed by atoms with Crippen molar-refractivity contribution in [1.29, 1.82) is 5.26 Å². The van der Waals surface area contributed by atoms with Crippen LogP contribution in [0.25, 0.3) is 6.08 Å². The third-order valence-electron chi connectivity index (χ3n) is 4.70. The Labute approximate surface area is 188 Å². The van der Waals surface area contributed by atoms with Crippen LogP contribution in [0, 0.1) is 11.3 Å². The SMILES string of the molecule is CCCCCCOc1ccc(/C=C(\C#N)C(=O)Nc2ccccc2C(=O)OC)cc1OC. The van der Waals surface area contributed by atoms with Crippen LogP contribution >= 0.6 is 0 Å². The zero-order valence-corrected chi connectivity index (χ0v) is 18.6. The maximum absolute atomic E-state index is 12.7. The van der Waals surface area contributed by atoms with E-state index in [0.29, 0.717) is 23.7 Å². The second kappa shape index (κ2) is 12.8. The lowest BCUT2D eigenvalue weighted by Gasteiger charge is -2.12. The number of amides is 1. The summed E-state index contributed by atoms with van der Waals surface area (Å²) in [7, 11) is 2.79. The summed E-state index contributed by atoms with van der Waals surface area (Å²) in [4.78, 5) is 24.5. The zero-order valence-electron chi connectivity index (χ0n) is 18.6. The molecule has 0 aromatic heterocycles. The molecule has 0 saturated heterocycles. The smallest absolute Gasteiger partial charge is 0.339 e. The Morgan fingerprint density at radius 1 is 1.06 bits per heavy atom. The predicted octanol–water partition coefficient (Wildman–Crippen LogP) is 4.99. The molecule has 7 nitrogen and oxygen atoms in total. The number of hydrogen-bond acceptors (Lipinski definition) is 6. The first kappa shape index (κ1) is 24.5. The largest absolute Gasteiger partial charge is 0.493 e. The molecule has 0 aliphatic heterocycles. The van der Waals surface area contributed by atoms with E-state index in [-0.39, 0.29) is 16.8 Å². The van der Waals surface area contributed by atoms with Crippen molar-refractivity contribution in [1.82, 2.24) is 0 Å². The monoisotopic (exact) mass is 436 g/mol. The first-order chi connectivity index (χ1) is 15.5. The van der Waals surface area contributed by atoms with E-state index in [0.717, 1.165) is 19.3 Å². The predicted molar refractivity (Wildman–Crippen MR) is 123 cm³/mol. The number of benzene rings is 2. The molecule has 0 aliphatic carbocycles. The average molecular weight is 437 g/mol. The van der Waals surface area contributed by atoms with Gasteiger partial charge in [-0.25, -0.2) is 4.79 Å². The molecule has 0 radical (unpaired) electrons. The Hall–Kier alpha value is -3.79.